The minimum atomic E-state index is 0.335. The number of phenolic OH excluding ortho intramolecular Hbond substituents is 1. The number of phenols is 1. The van der Waals surface area contributed by atoms with E-state index in [2.05, 4.69) is 23.6 Å². The molecule has 0 atom stereocenters. The number of hydrogen-bond donors (Lipinski definition) is 1. The van der Waals surface area contributed by atoms with Crippen LogP contribution in [0.2, 0.25) is 0 Å². The second kappa shape index (κ2) is 3.36. The predicted molar refractivity (Wildman–Crippen MR) is 66.8 cm³/mol. The number of fused-ring (bicyclic) bond motifs is 1. The minimum Gasteiger partial charge on any atom is -0.508 e. The zero-order chi connectivity index (χ0) is 10.3. The van der Waals surface area contributed by atoms with Crippen molar-refractivity contribution < 1.29 is 5.11 Å². The van der Waals surface area contributed by atoms with Crippen molar-refractivity contribution in [2.45, 2.75) is 0 Å². The monoisotopic (exact) mass is 232 g/mol. The summed E-state index contributed by atoms with van der Waals surface area (Å²) in [6, 6.07) is 11.9. The maximum absolute atomic E-state index is 9.38. The van der Waals surface area contributed by atoms with Crippen molar-refractivity contribution in [3.8, 4) is 15.5 Å². The topological polar surface area (TPSA) is 20.2 Å². The van der Waals surface area contributed by atoms with E-state index in [9.17, 15) is 5.11 Å². The van der Waals surface area contributed by atoms with E-state index in [-0.39, 0.29) is 0 Å². The van der Waals surface area contributed by atoms with Gasteiger partial charge in [0.2, 0.25) is 0 Å². The number of benzene rings is 1. The number of rotatable bonds is 1. The summed E-state index contributed by atoms with van der Waals surface area (Å²) >= 11 is 3.46. The normalized spacial score (nSPS) is 10.9. The number of hydrogen-bond acceptors (Lipinski definition) is 3. The van der Waals surface area contributed by atoms with E-state index in [1.807, 2.05) is 12.1 Å². The standard InChI is InChI=1S/C12H8OS2/c13-9-4-3-8-6-12(15-11(8)7-9)10-2-1-5-14-10/h1-7,13H. The molecule has 74 valence electrons. The van der Waals surface area contributed by atoms with Crippen LogP contribution in [0.15, 0.2) is 41.8 Å². The Morgan fingerprint density at radius 3 is 2.73 bits per heavy atom. The van der Waals surface area contributed by atoms with Gasteiger partial charge in [-0.15, -0.1) is 22.7 Å². The van der Waals surface area contributed by atoms with Gasteiger partial charge in [0.1, 0.15) is 5.75 Å². The lowest BCUT2D eigenvalue weighted by Gasteiger charge is -1.89. The quantitative estimate of drug-likeness (QED) is 0.662. The Morgan fingerprint density at radius 1 is 1.00 bits per heavy atom. The van der Waals surface area contributed by atoms with Gasteiger partial charge in [0.05, 0.1) is 0 Å². The third-order valence-electron chi connectivity index (χ3n) is 2.27. The first kappa shape index (κ1) is 8.95. The predicted octanol–water partition coefficient (Wildman–Crippen LogP) is 4.34. The van der Waals surface area contributed by atoms with E-state index >= 15 is 0 Å². The molecule has 0 bridgehead atoms. The van der Waals surface area contributed by atoms with Crippen molar-refractivity contribution in [3.05, 3.63) is 41.8 Å². The van der Waals surface area contributed by atoms with Crippen molar-refractivity contribution in [2.75, 3.05) is 0 Å². The van der Waals surface area contributed by atoms with Crippen molar-refractivity contribution in [1.82, 2.24) is 0 Å². The van der Waals surface area contributed by atoms with Gasteiger partial charge in [0.15, 0.2) is 0 Å². The molecule has 0 saturated heterocycles. The van der Waals surface area contributed by atoms with Crippen LogP contribution in [0.4, 0.5) is 0 Å². The van der Waals surface area contributed by atoms with E-state index < -0.39 is 0 Å². The van der Waals surface area contributed by atoms with Crippen LogP contribution in [0, 0.1) is 0 Å². The first-order valence-corrected chi connectivity index (χ1v) is 6.29. The van der Waals surface area contributed by atoms with E-state index in [4.69, 9.17) is 0 Å². The summed E-state index contributed by atoms with van der Waals surface area (Å²) in [6.07, 6.45) is 0. The van der Waals surface area contributed by atoms with Crippen LogP contribution in [-0.2, 0) is 0 Å². The Balaban J connectivity index is 2.22. The van der Waals surface area contributed by atoms with Crippen LogP contribution < -0.4 is 0 Å². The van der Waals surface area contributed by atoms with Crippen LogP contribution in [-0.4, -0.2) is 5.11 Å². The van der Waals surface area contributed by atoms with Gasteiger partial charge in [-0.05, 0) is 41.1 Å². The SMILES string of the molecule is Oc1ccc2cc(-c3cccs3)sc2c1. The van der Waals surface area contributed by atoms with Crippen molar-refractivity contribution in [2.24, 2.45) is 0 Å². The summed E-state index contributed by atoms with van der Waals surface area (Å²) in [5.41, 5.74) is 0. The molecule has 0 amide bonds. The molecule has 0 fully saturated rings. The fourth-order valence-corrected chi connectivity index (χ4v) is 3.48. The summed E-state index contributed by atoms with van der Waals surface area (Å²) in [5, 5.41) is 12.7. The third kappa shape index (κ3) is 1.54. The highest BCUT2D eigenvalue weighted by molar-refractivity contribution is 7.25. The van der Waals surface area contributed by atoms with Gasteiger partial charge in [0, 0.05) is 14.5 Å². The lowest BCUT2D eigenvalue weighted by atomic mass is 10.2. The van der Waals surface area contributed by atoms with Crippen LogP contribution >= 0.6 is 22.7 Å². The molecule has 0 spiro atoms. The second-order valence-corrected chi connectivity index (χ2v) is 5.34. The molecule has 2 heterocycles. The molecule has 3 aromatic rings. The van der Waals surface area contributed by atoms with E-state index in [0.717, 1.165) is 4.70 Å². The molecular formula is C12H8OS2. The summed E-state index contributed by atoms with van der Waals surface area (Å²) < 4.78 is 1.14. The van der Waals surface area contributed by atoms with Gasteiger partial charge in [-0.1, -0.05) is 6.07 Å². The Bertz CT molecular complexity index is 593. The highest BCUT2D eigenvalue weighted by Gasteiger charge is 2.05. The van der Waals surface area contributed by atoms with E-state index in [1.54, 1.807) is 28.7 Å². The lowest BCUT2D eigenvalue weighted by molar-refractivity contribution is 0.476. The largest absolute Gasteiger partial charge is 0.508 e. The molecule has 0 aliphatic rings. The zero-order valence-electron chi connectivity index (χ0n) is 7.81. The minimum absolute atomic E-state index is 0.335. The highest BCUT2D eigenvalue weighted by atomic mass is 32.1. The van der Waals surface area contributed by atoms with Gasteiger partial charge in [-0.3, -0.25) is 0 Å². The van der Waals surface area contributed by atoms with Gasteiger partial charge in [-0.2, -0.15) is 0 Å². The first-order chi connectivity index (χ1) is 7.33. The van der Waals surface area contributed by atoms with Gasteiger partial charge in [0.25, 0.3) is 0 Å². The Morgan fingerprint density at radius 2 is 1.93 bits per heavy atom. The summed E-state index contributed by atoms with van der Waals surface area (Å²) in [4.78, 5) is 2.56. The van der Waals surface area contributed by atoms with Crippen molar-refractivity contribution in [1.29, 1.82) is 0 Å². The van der Waals surface area contributed by atoms with Crippen molar-refractivity contribution >= 4 is 32.8 Å². The molecule has 1 aromatic carbocycles. The summed E-state index contributed by atoms with van der Waals surface area (Å²) in [7, 11) is 0. The molecule has 1 nitrogen and oxygen atoms in total. The first-order valence-electron chi connectivity index (χ1n) is 4.59. The molecule has 0 radical (unpaired) electrons. The lowest BCUT2D eigenvalue weighted by Crippen LogP contribution is -1.62. The fourth-order valence-electron chi connectivity index (χ4n) is 1.56. The maximum atomic E-state index is 9.38. The number of aromatic hydroxyl groups is 1. The highest BCUT2D eigenvalue weighted by Crippen LogP contribution is 2.36. The maximum Gasteiger partial charge on any atom is 0.117 e. The summed E-state index contributed by atoms with van der Waals surface area (Å²) in [6.45, 7) is 0. The molecule has 3 heteroatoms. The van der Waals surface area contributed by atoms with Crippen LogP contribution in [0.5, 0.6) is 5.75 Å². The van der Waals surface area contributed by atoms with Gasteiger partial charge >= 0.3 is 0 Å². The van der Waals surface area contributed by atoms with Gasteiger partial charge < -0.3 is 5.11 Å². The van der Waals surface area contributed by atoms with Crippen LogP contribution in [0.3, 0.4) is 0 Å². The molecule has 15 heavy (non-hydrogen) atoms. The Hall–Kier alpha value is -1.32. The molecule has 3 rings (SSSR count). The molecule has 1 N–H and O–H groups in total. The number of thiophene rings is 2. The average Bonchev–Trinajstić information content (AvgIpc) is 2.84. The van der Waals surface area contributed by atoms with E-state index in [1.165, 1.54) is 15.1 Å². The molecule has 2 aromatic heterocycles. The van der Waals surface area contributed by atoms with Gasteiger partial charge in [-0.25, -0.2) is 0 Å². The molecule has 0 unspecified atom stereocenters. The average molecular weight is 232 g/mol. The smallest absolute Gasteiger partial charge is 0.117 e. The molecule has 0 aliphatic heterocycles. The van der Waals surface area contributed by atoms with Crippen LogP contribution in [0.1, 0.15) is 0 Å². The van der Waals surface area contributed by atoms with Crippen LogP contribution in [0.25, 0.3) is 19.8 Å². The zero-order valence-corrected chi connectivity index (χ0v) is 9.44. The fraction of sp³-hybridized carbons (Fsp3) is 0. The van der Waals surface area contributed by atoms with E-state index in [0.29, 0.717) is 5.75 Å². The Kier molecular flexibility index (Phi) is 2.01. The molecule has 0 aliphatic carbocycles. The van der Waals surface area contributed by atoms with Crippen molar-refractivity contribution in [3.63, 3.8) is 0 Å². The molecule has 0 saturated carbocycles. The third-order valence-corrected chi connectivity index (χ3v) is 4.43. The molecular weight excluding hydrogens is 224 g/mol. The summed E-state index contributed by atoms with van der Waals surface area (Å²) in [5.74, 6) is 0.335. The second-order valence-electron chi connectivity index (χ2n) is 3.31. The Labute approximate surface area is 95.2 Å².